The fraction of sp³-hybridized carbons (Fsp3) is 0.583. The maximum atomic E-state index is 11.3. The molecule has 1 unspecified atom stereocenters. The lowest BCUT2D eigenvalue weighted by atomic mass is 10.1. The third-order valence-electron chi connectivity index (χ3n) is 2.19. The highest BCUT2D eigenvalue weighted by Crippen LogP contribution is 2.02. The number of carbonyl (C=O) groups excluding carboxylic acids is 1. The van der Waals surface area contributed by atoms with Crippen molar-refractivity contribution in [3.8, 4) is 0 Å². The number of hydrogen-bond donors (Lipinski definition) is 2. The fourth-order valence-corrected chi connectivity index (χ4v) is 1.50. The molecule has 0 radical (unpaired) electrons. The molecular formula is C12H20N2O. The molecule has 1 aliphatic rings. The van der Waals surface area contributed by atoms with Crippen LogP contribution in [-0.2, 0) is 4.79 Å². The summed E-state index contributed by atoms with van der Waals surface area (Å²) >= 11 is 0. The van der Waals surface area contributed by atoms with Crippen LogP contribution in [-0.4, -0.2) is 24.5 Å². The Labute approximate surface area is 91.6 Å². The quantitative estimate of drug-likeness (QED) is 0.716. The third kappa shape index (κ3) is 5.37. The van der Waals surface area contributed by atoms with E-state index in [9.17, 15) is 4.79 Å². The van der Waals surface area contributed by atoms with Crippen molar-refractivity contribution < 1.29 is 4.79 Å². The summed E-state index contributed by atoms with van der Waals surface area (Å²) in [5.74, 6) is 0.118. The molecule has 0 saturated heterocycles. The molecule has 0 heterocycles. The van der Waals surface area contributed by atoms with Crippen molar-refractivity contribution in [1.82, 2.24) is 10.6 Å². The molecule has 1 atom stereocenters. The first kappa shape index (κ1) is 12.0. The Balaban J connectivity index is 2.08. The van der Waals surface area contributed by atoms with Gasteiger partial charge in [-0.15, -0.1) is 0 Å². The van der Waals surface area contributed by atoms with Crippen LogP contribution >= 0.6 is 0 Å². The van der Waals surface area contributed by atoms with Gasteiger partial charge in [-0.3, -0.25) is 4.79 Å². The van der Waals surface area contributed by atoms with Gasteiger partial charge >= 0.3 is 0 Å². The van der Waals surface area contributed by atoms with Gasteiger partial charge in [-0.2, -0.15) is 0 Å². The van der Waals surface area contributed by atoms with E-state index in [1.807, 2.05) is 26.0 Å². The highest BCUT2D eigenvalue weighted by atomic mass is 16.1. The summed E-state index contributed by atoms with van der Waals surface area (Å²) < 4.78 is 0. The second-order valence-electron chi connectivity index (χ2n) is 4.08. The minimum absolute atomic E-state index is 0.118. The highest BCUT2D eigenvalue weighted by Gasteiger charge is 2.06. The van der Waals surface area contributed by atoms with Crippen LogP contribution in [0.3, 0.4) is 0 Å². The molecule has 0 aromatic heterocycles. The van der Waals surface area contributed by atoms with Gasteiger partial charge in [-0.25, -0.2) is 0 Å². The maximum absolute atomic E-state index is 11.3. The van der Waals surface area contributed by atoms with Crippen LogP contribution in [0.1, 0.15) is 26.7 Å². The van der Waals surface area contributed by atoms with Gasteiger partial charge in [0.25, 0.3) is 0 Å². The van der Waals surface area contributed by atoms with Crippen LogP contribution in [0.2, 0.25) is 0 Å². The Morgan fingerprint density at radius 3 is 2.87 bits per heavy atom. The molecule has 1 rings (SSSR count). The summed E-state index contributed by atoms with van der Waals surface area (Å²) in [6.07, 6.45) is 9.90. The standard InChI is InChI=1S/C12H20N2O/c1-10(2)14-12(15)8-9-13-11-6-4-3-5-7-11/h3-6,10-11,13H,7-9H2,1-2H3,(H,14,15). The third-order valence-corrected chi connectivity index (χ3v) is 2.19. The van der Waals surface area contributed by atoms with Crippen LogP contribution in [0.25, 0.3) is 0 Å². The summed E-state index contributed by atoms with van der Waals surface area (Å²) in [5, 5.41) is 6.20. The predicted molar refractivity (Wildman–Crippen MR) is 62.6 cm³/mol. The summed E-state index contributed by atoms with van der Waals surface area (Å²) in [5.41, 5.74) is 0. The van der Waals surface area contributed by atoms with Crippen LogP contribution in [0, 0.1) is 0 Å². The van der Waals surface area contributed by atoms with E-state index in [0.29, 0.717) is 12.5 Å². The number of hydrogen-bond acceptors (Lipinski definition) is 2. The SMILES string of the molecule is CC(C)NC(=O)CCNC1C=CC=CC1. The molecule has 3 heteroatoms. The van der Waals surface area contributed by atoms with E-state index >= 15 is 0 Å². The molecule has 0 spiro atoms. The van der Waals surface area contributed by atoms with E-state index in [4.69, 9.17) is 0 Å². The normalized spacial score (nSPS) is 19.5. The Hall–Kier alpha value is -1.09. The van der Waals surface area contributed by atoms with Gasteiger partial charge in [0.15, 0.2) is 0 Å². The lowest BCUT2D eigenvalue weighted by molar-refractivity contribution is -0.121. The van der Waals surface area contributed by atoms with Crippen molar-refractivity contribution in [3.05, 3.63) is 24.3 Å². The van der Waals surface area contributed by atoms with E-state index in [0.717, 1.165) is 13.0 Å². The molecule has 0 aromatic rings. The van der Waals surface area contributed by atoms with Crippen LogP contribution < -0.4 is 10.6 Å². The van der Waals surface area contributed by atoms with Gasteiger partial charge in [0.2, 0.25) is 5.91 Å². The van der Waals surface area contributed by atoms with E-state index in [1.165, 1.54) is 0 Å². The zero-order valence-corrected chi connectivity index (χ0v) is 9.49. The smallest absolute Gasteiger partial charge is 0.221 e. The Kier molecular flexibility index (Phi) is 5.12. The Morgan fingerprint density at radius 2 is 2.27 bits per heavy atom. The first-order chi connectivity index (χ1) is 7.18. The average molecular weight is 208 g/mol. The van der Waals surface area contributed by atoms with Gasteiger partial charge in [0.1, 0.15) is 0 Å². The number of amides is 1. The van der Waals surface area contributed by atoms with E-state index < -0.39 is 0 Å². The molecule has 2 N–H and O–H groups in total. The van der Waals surface area contributed by atoms with Crippen molar-refractivity contribution >= 4 is 5.91 Å². The first-order valence-electron chi connectivity index (χ1n) is 5.54. The first-order valence-corrected chi connectivity index (χ1v) is 5.54. The van der Waals surface area contributed by atoms with Crippen molar-refractivity contribution in [2.45, 2.75) is 38.8 Å². The number of carbonyl (C=O) groups is 1. The minimum Gasteiger partial charge on any atom is -0.354 e. The van der Waals surface area contributed by atoms with Gasteiger partial charge in [0, 0.05) is 25.0 Å². The van der Waals surface area contributed by atoms with E-state index in [2.05, 4.69) is 22.8 Å². The summed E-state index contributed by atoms with van der Waals surface area (Å²) in [4.78, 5) is 11.3. The maximum Gasteiger partial charge on any atom is 0.221 e. The lowest BCUT2D eigenvalue weighted by Crippen LogP contribution is -2.35. The molecule has 1 aliphatic carbocycles. The molecule has 15 heavy (non-hydrogen) atoms. The summed E-state index contributed by atoms with van der Waals surface area (Å²) in [6, 6.07) is 0.622. The topological polar surface area (TPSA) is 41.1 Å². The van der Waals surface area contributed by atoms with Crippen LogP contribution in [0.15, 0.2) is 24.3 Å². The molecule has 84 valence electrons. The highest BCUT2D eigenvalue weighted by molar-refractivity contribution is 5.76. The number of allylic oxidation sites excluding steroid dienone is 2. The number of nitrogens with one attached hydrogen (secondary N) is 2. The Morgan fingerprint density at radius 1 is 1.47 bits per heavy atom. The fourth-order valence-electron chi connectivity index (χ4n) is 1.50. The molecule has 0 saturated carbocycles. The van der Waals surface area contributed by atoms with Crippen molar-refractivity contribution in [3.63, 3.8) is 0 Å². The lowest BCUT2D eigenvalue weighted by Gasteiger charge is -2.15. The number of rotatable bonds is 5. The summed E-state index contributed by atoms with van der Waals surface area (Å²) in [7, 11) is 0. The zero-order valence-electron chi connectivity index (χ0n) is 9.49. The Bertz CT molecular complexity index is 256. The second kappa shape index (κ2) is 6.40. The monoisotopic (exact) mass is 208 g/mol. The molecule has 0 bridgehead atoms. The van der Waals surface area contributed by atoms with Crippen molar-refractivity contribution in [1.29, 1.82) is 0 Å². The van der Waals surface area contributed by atoms with Crippen molar-refractivity contribution in [2.75, 3.05) is 6.54 Å². The molecule has 3 nitrogen and oxygen atoms in total. The van der Waals surface area contributed by atoms with E-state index in [1.54, 1.807) is 0 Å². The van der Waals surface area contributed by atoms with E-state index in [-0.39, 0.29) is 11.9 Å². The molecule has 0 aliphatic heterocycles. The second-order valence-corrected chi connectivity index (χ2v) is 4.08. The minimum atomic E-state index is 0.118. The van der Waals surface area contributed by atoms with Gasteiger partial charge in [-0.05, 0) is 20.3 Å². The molecule has 0 aromatic carbocycles. The zero-order chi connectivity index (χ0) is 11.1. The molecule has 1 amide bonds. The van der Waals surface area contributed by atoms with Gasteiger partial charge in [-0.1, -0.05) is 24.3 Å². The molecule has 0 fully saturated rings. The average Bonchev–Trinajstić information content (AvgIpc) is 2.18. The largest absolute Gasteiger partial charge is 0.354 e. The summed E-state index contributed by atoms with van der Waals surface area (Å²) in [6.45, 7) is 4.68. The van der Waals surface area contributed by atoms with Crippen LogP contribution in [0.4, 0.5) is 0 Å². The molecular weight excluding hydrogens is 188 g/mol. The van der Waals surface area contributed by atoms with Crippen molar-refractivity contribution in [2.24, 2.45) is 0 Å². The van der Waals surface area contributed by atoms with Gasteiger partial charge in [0.05, 0.1) is 0 Å². The predicted octanol–water partition coefficient (Wildman–Crippen LogP) is 1.38. The van der Waals surface area contributed by atoms with Gasteiger partial charge < -0.3 is 10.6 Å². The van der Waals surface area contributed by atoms with Crippen LogP contribution in [0.5, 0.6) is 0 Å².